The molecular formula is C18H22F2O2S. The molecule has 2 rings (SSSR count). The Labute approximate surface area is 140 Å². The molecule has 0 aromatic heterocycles. The summed E-state index contributed by atoms with van der Waals surface area (Å²) in [4.78, 5) is 13.3. The van der Waals surface area contributed by atoms with Crippen LogP contribution in [0.5, 0.6) is 0 Å². The molecule has 1 saturated carbocycles. The van der Waals surface area contributed by atoms with Crippen LogP contribution in [-0.2, 0) is 9.53 Å². The largest absolute Gasteiger partial charge is 0.462 e. The van der Waals surface area contributed by atoms with E-state index < -0.39 is 18.3 Å². The third kappa shape index (κ3) is 4.80. The maximum absolute atomic E-state index is 13.4. The molecule has 0 amide bonds. The number of allylic oxidation sites excluding steroid dienone is 1. The summed E-state index contributed by atoms with van der Waals surface area (Å²) >= 11 is 1.71. The lowest BCUT2D eigenvalue weighted by Crippen LogP contribution is -2.08. The summed E-state index contributed by atoms with van der Waals surface area (Å²) in [7, 11) is 0. The molecule has 0 bridgehead atoms. The van der Waals surface area contributed by atoms with Crippen molar-refractivity contribution >= 4 is 23.3 Å². The second kappa shape index (κ2) is 8.48. The number of benzene rings is 1. The van der Waals surface area contributed by atoms with Crippen LogP contribution in [0.3, 0.4) is 0 Å². The quantitative estimate of drug-likeness (QED) is 0.421. The van der Waals surface area contributed by atoms with Crippen molar-refractivity contribution in [2.24, 2.45) is 5.92 Å². The highest BCUT2D eigenvalue weighted by Crippen LogP contribution is 2.34. The van der Waals surface area contributed by atoms with Crippen molar-refractivity contribution in [2.45, 2.75) is 43.9 Å². The van der Waals surface area contributed by atoms with E-state index in [1.807, 2.05) is 24.3 Å². The standard InChI is InChI=1S/C18H22F2O2S/c1-3-22-18(21)15(9-12-10-16(19)17(20)11-12)13-5-7-14(8-6-13)23-4-2/h5-9,12,16-17H,3-4,10-11H2,1-2H3/t12-,16+,17-. The molecule has 2 nitrogen and oxygen atoms in total. The van der Waals surface area contributed by atoms with Gasteiger partial charge in [0.15, 0.2) is 0 Å². The van der Waals surface area contributed by atoms with E-state index in [1.165, 1.54) is 0 Å². The molecule has 0 aliphatic heterocycles. The van der Waals surface area contributed by atoms with Crippen LogP contribution < -0.4 is 0 Å². The van der Waals surface area contributed by atoms with E-state index in [1.54, 1.807) is 24.8 Å². The van der Waals surface area contributed by atoms with Gasteiger partial charge in [-0.3, -0.25) is 0 Å². The van der Waals surface area contributed by atoms with Gasteiger partial charge in [-0.05, 0) is 49.1 Å². The molecule has 5 heteroatoms. The molecule has 3 atom stereocenters. The van der Waals surface area contributed by atoms with E-state index in [2.05, 4.69) is 6.92 Å². The average molecular weight is 340 g/mol. The highest BCUT2D eigenvalue weighted by atomic mass is 32.2. The van der Waals surface area contributed by atoms with Crippen LogP contribution in [0.4, 0.5) is 8.78 Å². The van der Waals surface area contributed by atoms with Crippen LogP contribution in [0.2, 0.25) is 0 Å². The highest BCUT2D eigenvalue weighted by molar-refractivity contribution is 7.99. The summed E-state index contributed by atoms with van der Waals surface area (Å²) in [5.74, 6) is 0.253. The number of thioether (sulfide) groups is 1. The normalized spacial score (nSPS) is 24.7. The lowest BCUT2D eigenvalue weighted by Gasteiger charge is -2.11. The summed E-state index contributed by atoms with van der Waals surface area (Å²) in [6.45, 7) is 4.08. The number of carbonyl (C=O) groups is 1. The maximum Gasteiger partial charge on any atom is 0.338 e. The smallest absolute Gasteiger partial charge is 0.338 e. The molecule has 0 spiro atoms. The maximum atomic E-state index is 13.4. The molecule has 1 fully saturated rings. The van der Waals surface area contributed by atoms with E-state index in [9.17, 15) is 13.6 Å². The van der Waals surface area contributed by atoms with E-state index in [4.69, 9.17) is 4.74 Å². The molecule has 0 unspecified atom stereocenters. The van der Waals surface area contributed by atoms with E-state index in [0.29, 0.717) is 5.57 Å². The fourth-order valence-electron chi connectivity index (χ4n) is 2.73. The summed E-state index contributed by atoms with van der Waals surface area (Å²) in [5, 5.41) is 0. The highest BCUT2D eigenvalue weighted by Gasteiger charge is 2.34. The Bertz CT molecular complexity index is 547. The molecular weight excluding hydrogens is 318 g/mol. The van der Waals surface area contributed by atoms with Crippen LogP contribution >= 0.6 is 11.8 Å². The first-order valence-electron chi connectivity index (χ1n) is 7.95. The Morgan fingerprint density at radius 3 is 2.35 bits per heavy atom. The van der Waals surface area contributed by atoms with Gasteiger partial charge in [0.2, 0.25) is 0 Å². The van der Waals surface area contributed by atoms with E-state index in [-0.39, 0.29) is 25.4 Å². The lowest BCUT2D eigenvalue weighted by molar-refractivity contribution is -0.136. The summed E-state index contributed by atoms with van der Waals surface area (Å²) in [6.07, 6.45) is -0.973. The number of esters is 1. The Kier molecular flexibility index (Phi) is 6.63. The van der Waals surface area contributed by atoms with Crippen LogP contribution in [0, 0.1) is 5.92 Å². The lowest BCUT2D eigenvalue weighted by atomic mass is 9.98. The minimum atomic E-state index is -1.44. The van der Waals surface area contributed by atoms with Gasteiger partial charge in [-0.25, -0.2) is 13.6 Å². The minimum Gasteiger partial charge on any atom is -0.462 e. The number of rotatable bonds is 6. The van der Waals surface area contributed by atoms with E-state index in [0.717, 1.165) is 16.2 Å². The second-order valence-electron chi connectivity index (χ2n) is 5.52. The number of carbonyl (C=O) groups excluding carboxylic acids is 1. The van der Waals surface area contributed by atoms with Gasteiger partial charge in [-0.2, -0.15) is 0 Å². The van der Waals surface area contributed by atoms with Crippen LogP contribution in [0.15, 0.2) is 35.2 Å². The first kappa shape index (κ1) is 18.0. The van der Waals surface area contributed by atoms with Gasteiger partial charge in [0, 0.05) is 4.90 Å². The van der Waals surface area contributed by atoms with Crippen LogP contribution in [0.25, 0.3) is 5.57 Å². The Hall–Kier alpha value is -1.36. The van der Waals surface area contributed by atoms with Gasteiger partial charge in [0.05, 0.1) is 12.2 Å². The number of alkyl halides is 2. The number of ether oxygens (including phenoxy) is 1. The molecule has 1 aliphatic rings. The third-order valence-electron chi connectivity index (χ3n) is 3.82. The van der Waals surface area contributed by atoms with Gasteiger partial charge in [0.1, 0.15) is 12.3 Å². The minimum absolute atomic E-state index is 0.119. The molecule has 1 aliphatic carbocycles. The molecule has 0 radical (unpaired) electrons. The van der Waals surface area contributed by atoms with Crippen molar-refractivity contribution in [3.05, 3.63) is 35.9 Å². The number of halogens is 2. The van der Waals surface area contributed by atoms with Gasteiger partial charge in [0.25, 0.3) is 0 Å². The predicted octanol–water partition coefficient (Wildman–Crippen LogP) is 4.83. The van der Waals surface area contributed by atoms with Crippen molar-refractivity contribution in [1.29, 1.82) is 0 Å². The fraction of sp³-hybridized carbons (Fsp3) is 0.500. The summed E-state index contributed by atoms with van der Waals surface area (Å²) in [5.41, 5.74) is 1.12. The summed E-state index contributed by atoms with van der Waals surface area (Å²) in [6, 6.07) is 7.60. The average Bonchev–Trinajstić information content (AvgIpc) is 2.85. The fourth-order valence-corrected chi connectivity index (χ4v) is 3.39. The molecule has 23 heavy (non-hydrogen) atoms. The van der Waals surface area contributed by atoms with Crippen molar-refractivity contribution in [1.82, 2.24) is 0 Å². The van der Waals surface area contributed by atoms with Crippen molar-refractivity contribution in [3.8, 4) is 0 Å². The van der Waals surface area contributed by atoms with Crippen molar-refractivity contribution in [3.63, 3.8) is 0 Å². The molecule has 0 heterocycles. The van der Waals surface area contributed by atoms with Gasteiger partial charge in [-0.15, -0.1) is 11.8 Å². The zero-order valence-electron chi connectivity index (χ0n) is 13.4. The zero-order chi connectivity index (χ0) is 16.8. The van der Waals surface area contributed by atoms with Gasteiger partial charge < -0.3 is 4.74 Å². The second-order valence-corrected chi connectivity index (χ2v) is 6.86. The monoisotopic (exact) mass is 340 g/mol. The third-order valence-corrected chi connectivity index (χ3v) is 4.72. The molecule has 1 aromatic carbocycles. The SMILES string of the molecule is CCOC(=O)C(=C[C@H]1C[C@@H](F)[C@@H](F)C1)c1ccc(SCC)cc1. The first-order valence-corrected chi connectivity index (χ1v) is 8.94. The topological polar surface area (TPSA) is 26.3 Å². The van der Waals surface area contributed by atoms with Gasteiger partial charge in [-0.1, -0.05) is 25.1 Å². The van der Waals surface area contributed by atoms with Crippen LogP contribution in [0.1, 0.15) is 32.3 Å². The molecule has 1 aromatic rings. The molecule has 0 saturated heterocycles. The Morgan fingerprint density at radius 2 is 1.83 bits per heavy atom. The molecule has 0 N–H and O–H groups in total. The zero-order valence-corrected chi connectivity index (χ0v) is 14.2. The Balaban J connectivity index is 2.25. The number of hydrogen-bond donors (Lipinski definition) is 0. The van der Waals surface area contributed by atoms with Crippen molar-refractivity contribution in [2.75, 3.05) is 12.4 Å². The predicted molar refractivity (Wildman–Crippen MR) is 90.0 cm³/mol. The van der Waals surface area contributed by atoms with E-state index >= 15 is 0 Å². The molecule has 126 valence electrons. The number of hydrogen-bond acceptors (Lipinski definition) is 3. The first-order chi connectivity index (χ1) is 11.0. The van der Waals surface area contributed by atoms with Gasteiger partial charge >= 0.3 is 5.97 Å². The van der Waals surface area contributed by atoms with Crippen molar-refractivity contribution < 1.29 is 18.3 Å². The van der Waals surface area contributed by atoms with Crippen LogP contribution in [-0.4, -0.2) is 30.7 Å². The Morgan fingerprint density at radius 1 is 1.22 bits per heavy atom. The summed E-state index contributed by atoms with van der Waals surface area (Å²) < 4.78 is 31.9.